The maximum atomic E-state index is 12.5. The number of phenolic OH excluding ortho intramolecular Hbond substituents is 1. The average molecular weight is 500 g/mol. The van der Waals surface area contributed by atoms with Crippen molar-refractivity contribution in [3.8, 4) is 5.75 Å². The van der Waals surface area contributed by atoms with Crippen molar-refractivity contribution in [1.82, 2.24) is 10.2 Å². The zero-order chi connectivity index (χ0) is 26.5. The number of carbonyl (C=O) groups excluding carboxylic acids is 2. The smallest absolute Gasteiger partial charge is 0.255 e. The molecular formula is C28H29N5O4. The zero-order valence-corrected chi connectivity index (χ0v) is 20.6. The molecule has 0 unspecified atom stereocenters. The highest BCUT2D eigenvalue weighted by Gasteiger charge is 2.19. The van der Waals surface area contributed by atoms with Crippen molar-refractivity contribution in [3.05, 3.63) is 105 Å². The molecular weight excluding hydrogens is 470 g/mol. The van der Waals surface area contributed by atoms with Crippen LogP contribution in [-0.4, -0.2) is 32.2 Å². The van der Waals surface area contributed by atoms with Crippen LogP contribution in [0.3, 0.4) is 0 Å². The third-order valence-electron chi connectivity index (χ3n) is 6.09. The summed E-state index contributed by atoms with van der Waals surface area (Å²) >= 11 is 0. The molecule has 7 N–H and O–H groups in total. The number of hydrogen-bond donors (Lipinski definition) is 6. The lowest BCUT2D eigenvalue weighted by Crippen LogP contribution is -2.15. The number of H-pyrrole nitrogens is 1. The Morgan fingerprint density at radius 3 is 2.16 bits per heavy atom. The second-order valence-corrected chi connectivity index (χ2v) is 8.90. The lowest BCUT2D eigenvalue weighted by Gasteiger charge is -2.10. The fourth-order valence-electron chi connectivity index (χ4n) is 4.11. The summed E-state index contributed by atoms with van der Waals surface area (Å²) in [5, 5.41) is 32.3. The van der Waals surface area contributed by atoms with E-state index in [9.17, 15) is 14.7 Å². The highest BCUT2D eigenvalue weighted by Crippen LogP contribution is 2.25. The molecule has 4 aromatic rings. The van der Waals surface area contributed by atoms with Gasteiger partial charge in [-0.05, 0) is 65.9 Å². The number of phenols is 1. The van der Waals surface area contributed by atoms with Crippen LogP contribution in [0, 0.1) is 13.8 Å². The van der Waals surface area contributed by atoms with Gasteiger partial charge < -0.3 is 26.6 Å². The molecule has 0 bridgehead atoms. The van der Waals surface area contributed by atoms with Gasteiger partial charge in [-0.1, -0.05) is 36.4 Å². The first kappa shape index (κ1) is 25.5. The van der Waals surface area contributed by atoms with E-state index in [1.165, 1.54) is 0 Å². The van der Waals surface area contributed by atoms with Gasteiger partial charge in [0.05, 0.1) is 12.3 Å². The van der Waals surface area contributed by atoms with Gasteiger partial charge in [0.15, 0.2) is 5.82 Å². The molecule has 0 saturated heterocycles. The maximum Gasteiger partial charge on any atom is 0.255 e. The van der Waals surface area contributed by atoms with Gasteiger partial charge in [0.1, 0.15) is 11.3 Å². The molecule has 0 fully saturated rings. The lowest BCUT2D eigenvalue weighted by atomic mass is 10.0. The molecule has 2 amide bonds. The molecule has 0 atom stereocenters. The van der Waals surface area contributed by atoms with Crippen LogP contribution < -0.4 is 16.4 Å². The number of hydrogen-bond acceptors (Lipinski definition) is 6. The van der Waals surface area contributed by atoms with Gasteiger partial charge in [-0.3, -0.25) is 14.7 Å². The Labute approximate surface area is 214 Å². The number of primary amides is 1. The molecule has 0 aliphatic heterocycles. The zero-order valence-electron chi connectivity index (χ0n) is 20.6. The topological polar surface area (TPSA) is 153 Å². The average Bonchev–Trinajstić information content (AvgIpc) is 3.29. The summed E-state index contributed by atoms with van der Waals surface area (Å²) in [6.45, 7) is 3.99. The fourth-order valence-corrected chi connectivity index (χ4v) is 4.11. The monoisotopic (exact) mass is 499 g/mol. The van der Waals surface area contributed by atoms with Crippen LogP contribution in [-0.2, 0) is 19.6 Å². The number of nitrogens with one attached hydrogen (secondary N) is 3. The number of carbonyl (C=O) groups is 2. The number of rotatable bonds is 9. The molecule has 1 aromatic heterocycles. The number of benzene rings is 3. The number of aliphatic hydroxyl groups excluding tert-OH is 1. The Bertz CT molecular complexity index is 1400. The SMILES string of the molecule is Cc1cc(CNc2n[nH]c(Cc3ccc(NC(=O)c4ccc(CO)cc4)cc3)c2C(N)=O)cc(C)c1O. The molecule has 0 aliphatic rings. The minimum absolute atomic E-state index is 0.0769. The fraction of sp³-hybridized carbons (Fsp3) is 0.179. The van der Waals surface area contributed by atoms with Crippen LogP contribution in [0.4, 0.5) is 11.5 Å². The normalized spacial score (nSPS) is 10.8. The van der Waals surface area contributed by atoms with Gasteiger partial charge >= 0.3 is 0 Å². The van der Waals surface area contributed by atoms with E-state index in [4.69, 9.17) is 10.8 Å². The summed E-state index contributed by atoms with van der Waals surface area (Å²) in [6, 6.07) is 17.7. The van der Waals surface area contributed by atoms with Crippen LogP contribution >= 0.6 is 0 Å². The minimum Gasteiger partial charge on any atom is -0.507 e. The van der Waals surface area contributed by atoms with E-state index in [2.05, 4.69) is 20.8 Å². The molecule has 37 heavy (non-hydrogen) atoms. The number of anilines is 2. The van der Waals surface area contributed by atoms with Crippen molar-refractivity contribution >= 4 is 23.3 Å². The van der Waals surface area contributed by atoms with E-state index in [0.29, 0.717) is 35.7 Å². The number of aromatic nitrogens is 2. The molecule has 9 nitrogen and oxygen atoms in total. The number of nitrogens with zero attached hydrogens (tertiary/aromatic N) is 1. The molecule has 0 radical (unpaired) electrons. The van der Waals surface area contributed by atoms with Crippen molar-refractivity contribution in [2.75, 3.05) is 10.6 Å². The molecule has 1 heterocycles. The molecule has 0 saturated carbocycles. The summed E-state index contributed by atoms with van der Waals surface area (Å²) in [5.41, 5.74) is 11.8. The van der Waals surface area contributed by atoms with E-state index in [-0.39, 0.29) is 23.8 Å². The summed E-state index contributed by atoms with van der Waals surface area (Å²) < 4.78 is 0. The number of aromatic amines is 1. The van der Waals surface area contributed by atoms with Crippen molar-refractivity contribution in [2.24, 2.45) is 5.73 Å². The van der Waals surface area contributed by atoms with Gasteiger partial charge in [0, 0.05) is 24.2 Å². The lowest BCUT2D eigenvalue weighted by molar-refractivity contribution is 0.0997. The minimum atomic E-state index is -0.597. The molecule has 0 spiro atoms. The highest BCUT2D eigenvalue weighted by atomic mass is 16.3. The van der Waals surface area contributed by atoms with Gasteiger partial charge in [0.2, 0.25) is 0 Å². The van der Waals surface area contributed by atoms with Gasteiger partial charge in [0.25, 0.3) is 11.8 Å². The van der Waals surface area contributed by atoms with Gasteiger partial charge in [-0.2, -0.15) is 5.10 Å². The van der Waals surface area contributed by atoms with Crippen molar-refractivity contribution < 1.29 is 19.8 Å². The Balaban J connectivity index is 1.43. The predicted molar refractivity (Wildman–Crippen MR) is 142 cm³/mol. The quantitative estimate of drug-likeness (QED) is 0.206. The predicted octanol–water partition coefficient (Wildman–Crippen LogP) is 3.78. The number of aliphatic hydroxyl groups is 1. The molecule has 190 valence electrons. The molecule has 0 aliphatic carbocycles. The second kappa shape index (κ2) is 11.0. The van der Waals surface area contributed by atoms with Crippen molar-refractivity contribution in [3.63, 3.8) is 0 Å². The summed E-state index contributed by atoms with van der Waals surface area (Å²) in [6.07, 6.45) is 0.390. The van der Waals surface area contributed by atoms with Crippen LogP contribution in [0.5, 0.6) is 5.75 Å². The molecule has 9 heteroatoms. The summed E-state index contributed by atoms with van der Waals surface area (Å²) in [4.78, 5) is 24.7. The van der Waals surface area contributed by atoms with E-state index >= 15 is 0 Å². The maximum absolute atomic E-state index is 12.5. The third kappa shape index (κ3) is 5.96. The Kier molecular flexibility index (Phi) is 7.55. The van der Waals surface area contributed by atoms with E-state index < -0.39 is 5.91 Å². The summed E-state index contributed by atoms with van der Waals surface area (Å²) in [5.74, 6) is -0.218. The van der Waals surface area contributed by atoms with Gasteiger partial charge in [-0.15, -0.1) is 0 Å². The first-order chi connectivity index (χ1) is 17.7. The second-order valence-electron chi connectivity index (χ2n) is 8.90. The number of amides is 2. The Morgan fingerprint density at radius 2 is 1.57 bits per heavy atom. The van der Waals surface area contributed by atoms with E-state index in [1.807, 2.05) is 38.1 Å². The largest absolute Gasteiger partial charge is 0.507 e. The van der Waals surface area contributed by atoms with Crippen LogP contribution in [0.1, 0.15) is 54.2 Å². The third-order valence-corrected chi connectivity index (χ3v) is 6.09. The number of nitrogens with two attached hydrogens (primary N) is 1. The first-order valence-corrected chi connectivity index (χ1v) is 11.7. The first-order valence-electron chi connectivity index (χ1n) is 11.7. The van der Waals surface area contributed by atoms with Crippen molar-refractivity contribution in [1.29, 1.82) is 0 Å². The summed E-state index contributed by atoms with van der Waals surface area (Å²) in [7, 11) is 0. The molecule has 3 aromatic carbocycles. The highest BCUT2D eigenvalue weighted by molar-refractivity contribution is 6.04. The number of aryl methyl sites for hydroxylation is 2. The molecule has 4 rings (SSSR count). The standard InChI is InChI=1S/C28H29N5O4/c1-16-11-20(12-17(2)25(16)35)14-30-27-24(26(29)36)23(32-33-27)13-18-5-9-22(10-6-18)31-28(37)21-7-3-19(15-34)4-8-21/h3-12,34-35H,13-15H2,1-2H3,(H2,29,36)(H,31,37)(H2,30,32,33). The van der Waals surface area contributed by atoms with Crippen LogP contribution in [0.25, 0.3) is 0 Å². The van der Waals surface area contributed by atoms with E-state index in [0.717, 1.165) is 27.8 Å². The Morgan fingerprint density at radius 1 is 0.946 bits per heavy atom. The van der Waals surface area contributed by atoms with Crippen molar-refractivity contribution in [2.45, 2.75) is 33.4 Å². The van der Waals surface area contributed by atoms with Crippen LogP contribution in [0.15, 0.2) is 60.7 Å². The van der Waals surface area contributed by atoms with Gasteiger partial charge in [-0.25, -0.2) is 0 Å². The van der Waals surface area contributed by atoms with Crippen LogP contribution in [0.2, 0.25) is 0 Å². The Hall–Kier alpha value is -4.63. The number of aromatic hydroxyl groups is 1. The van der Waals surface area contributed by atoms with E-state index in [1.54, 1.807) is 36.4 Å².